The molecule has 1 heterocycles. The lowest BCUT2D eigenvalue weighted by molar-refractivity contribution is 0.0963. The fraction of sp³-hybridized carbons (Fsp3) is 0.875. The molecule has 1 aliphatic rings. The van der Waals surface area contributed by atoms with Crippen molar-refractivity contribution in [3.05, 3.63) is 0 Å². The summed E-state index contributed by atoms with van der Waals surface area (Å²) >= 11 is 0. The molecule has 0 atom stereocenters. The number of guanidine groups is 1. The molecule has 0 saturated carbocycles. The minimum absolute atomic E-state index is 0.0864. The molecule has 7 nitrogen and oxygen atoms in total. The third-order valence-corrected chi connectivity index (χ3v) is 3.79. The normalized spacial score (nSPS) is 17.5. The topological polar surface area (TPSA) is 83.2 Å². The molecule has 1 rings (SSSR count). The molecule has 0 aliphatic carbocycles. The van der Waals surface area contributed by atoms with Crippen LogP contribution in [0.2, 0.25) is 0 Å². The van der Waals surface area contributed by atoms with Gasteiger partial charge in [0.15, 0.2) is 5.96 Å². The highest BCUT2D eigenvalue weighted by Gasteiger charge is 2.24. The third-order valence-electron chi connectivity index (χ3n) is 3.79. The summed E-state index contributed by atoms with van der Waals surface area (Å²) < 4.78 is 5.02. The summed E-state index contributed by atoms with van der Waals surface area (Å²) in [7, 11) is 4.12. The lowest BCUT2D eigenvalue weighted by Crippen LogP contribution is -2.48. The lowest BCUT2D eigenvalue weighted by Gasteiger charge is -2.32. The molecule has 1 saturated heterocycles. The first-order valence-corrected chi connectivity index (χ1v) is 8.36. The van der Waals surface area contributed by atoms with Crippen LogP contribution in [0, 0.1) is 5.41 Å². The summed E-state index contributed by atoms with van der Waals surface area (Å²) in [5.41, 5.74) is 6.09. The molecule has 7 heteroatoms. The first kappa shape index (κ1) is 19.5. The van der Waals surface area contributed by atoms with Crippen LogP contribution < -0.4 is 11.1 Å². The quantitative estimate of drug-likeness (QED) is 0.564. The third kappa shape index (κ3) is 7.54. The van der Waals surface area contributed by atoms with E-state index in [1.807, 2.05) is 6.92 Å². The van der Waals surface area contributed by atoms with Crippen LogP contribution in [0.15, 0.2) is 4.99 Å². The molecule has 0 aromatic heterocycles. The van der Waals surface area contributed by atoms with Crippen LogP contribution in [0.25, 0.3) is 0 Å². The molecule has 3 N–H and O–H groups in total. The van der Waals surface area contributed by atoms with Crippen LogP contribution in [-0.4, -0.2) is 74.8 Å². The standard InChI is InChI=1S/C16H33N5O2/c1-6-23-15(22)21-9-7-13(8-10-21)19-14(17)18-11-16(2,3)12-20(4)5/h13H,6-12H2,1-5H3,(H3,17,18,19). The van der Waals surface area contributed by atoms with Crippen LogP contribution in [0.1, 0.15) is 33.6 Å². The second-order valence-electron chi connectivity index (χ2n) is 7.21. The van der Waals surface area contributed by atoms with E-state index < -0.39 is 0 Å². The Morgan fingerprint density at radius 2 is 2.00 bits per heavy atom. The molecule has 0 radical (unpaired) electrons. The molecule has 134 valence electrons. The number of carbonyl (C=O) groups excluding carboxylic acids is 1. The number of carbonyl (C=O) groups is 1. The van der Waals surface area contributed by atoms with Gasteiger partial charge in [-0.3, -0.25) is 4.99 Å². The molecule has 1 aliphatic heterocycles. The predicted octanol–water partition coefficient (Wildman–Crippen LogP) is 1.10. The fourth-order valence-electron chi connectivity index (χ4n) is 2.88. The average Bonchev–Trinajstić information content (AvgIpc) is 2.45. The summed E-state index contributed by atoms with van der Waals surface area (Å²) in [5, 5.41) is 3.27. The number of rotatable bonds is 6. The number of likely N-dealkylation sites (tertiary alicyclic amines) is 1. The van der Waals surface area contributed by atoms with Gasteiger partial charge in [0.2, 0.25) is 0 Å². The van der Waals surface area contributed by atoms with Gasteiger partial charge in [0, 0.05) is 32.2 Å². The second kappa shape index (κ2) is 8.96. The van der Waals surface area contributed by atoms with Gasteiger partial charge in [-0.05, 0) is 39.3 Å². The van der Waals surface area contributed by atoms with Crippen molar-refractivity contribution >= 4 is 12.1 Å². The van der Waals surface area contributed by atoms with E-state index in [-0.39, 0.29) is 17.6 Å². The maximum absolute atomic E-state index is 11.7. The molecule has 0 unspecified atom stereocenters. The number of nitrogens with zero attached hydrogens (tertiary/aromatic N) is 3. The van der Waals surface area contributed by atoms with E-state index in [9.17, 15) is 4.79 Å². The van der Waals surface area contributed by atoms with Gasteiger partial charge in [0.1, 0.15) is 0 Å². The summed E-state index contributed by atoms with van der Waals surface area (Å²) in [6.07, 6.45) is 1.49. The number of nitrogens with two attached hydrogens (primary N) is 1. The first-order chi connectivity index (χ1) is 10.7. The molecule has 1 fully saturated rings. The predicted molar refractivity (Wildman–Crippen MR) is 93.6 cm³/mol. The average molecular weight is 327 g/mol. The number of aliphatic imine (C=N–C) groups is 1. The van der Waals surface area contributed by atoms with Crippen molar-refractivity contribution in [3.8, 4) is 0 Å². The molecule has 0 aromatic carbocycles. The molecule has 1 amide bonds. The van der Waals surface area contributed by atoms with E-state index in [2.05, 4.69) is 43.2 Å². The Morgan fingerprint density at radius 3 is 2.52 bits per heavy atom. The van der Waals surface area contributed by atoms with Crippen molar-refractivity contribution in [2.75, 3.05) is 46.9 Å². The molecule has 0 aromatic rings. The van der Waals surface area contributed by atoms with Crippen LogP contribution in [0.4, 0.5) is 4.79 Å². The van der Waals surface area contributed by atoms with Crippen LogP contribution in [0.5, 0.6) is 0 Å². The van der Waals surface area contributed by atoms with E-state index in [0.717, 1.165) is 19.4 Å². The SMILES string of the molecule is CCOC(=O)N1CCC(NC(N)=NCC(C)(C)CN(C)C)CC1. The number of hydrogen-bond donors (Lipinski definition) is 2. The van der Waals surface area contributed by atoms with E-state index in [0.29, 0.717) is 32.2 Å². The van der Waals surface area contributed by atoms with Crippen LogP contribution in [-0.2, 0) is 4.74 Å². The van der Waals surface area contributed by atoms with Gasteiger partial charge in [-0.1, -0.05) is 13.8 Å². The van der Waals surface area contributed by atoms with Gasteiger partial charge in [-0.15, -0.1) is 0 Å². The zero-order chi connectivity index (χ0) is 17.5. The van der Waals surface area contributed by atoms with Crippen molar-refractivity contribution in [2.45, 2.75) is 39.7 Å². The van der Waals surface area contributed by atoms with Crippen LogP contribution in [0.3, 0.4) is 0 Å². The number of piperidine rings is 1. The number of amides is 1. The van der Waals surface area contributed by atoms with E-state index in [1.165, 1.54) is 0 Å². The highest BCUT2D eigenvalue weighted by Crippen LogP contribution is 2.16. The van der Waals surface area contributed by atoms with Gasteiger partial charge in [0.05, 0.1) is 6.61 Å². The van der Waals surface area contributed by atoms with Crippen LogP contribution >= 0.6 is 0 Å². The van der Waals surface area contributed by atoms with Crippen molar-refractivity contribution < 1.29 is 9.53 Å². The maximum Gasteiger partial charge on any atom is 0.409 e. The van der Waals surface area contributed by atoms with E-state index in [4.69, 9.17) is 10.5 Å². The summed E-state index contributed by atoms with van der Waals surface area (Å²) in [6, 6.07) is 0.265. The van der Waals surface area contributed by atoms with Gasteiger partial charge in [-0.25, -0.2) is 4.79 Å². The highest BCUT2D eigenvalue weighted by molar-refractivity contribution is 5.78. The monoisotopic (exact) mass is 327 g/mol. The zero-order valence-electron chi connectivity index (χ0n) is 15.3. The van der Waals surface area contributed by atoms with E-state index >= 15 is 0 Å². The van der Waals surface area contributed by atoms with Gasteiger partial charge >= 0.3 is 6.09 Å². The van der Waals surface area contributed by atoms with E-state index in [1.54, 1.807) is 4.90 Å². The molecule has 23 heavy (non-hydrogen) atoms. The second-order valence-corrected chi connectivity index (χ2v) is 7.21. The Hall–Kier alpha value is -1.50. The Labute approximate surface area is 140 Å². The Kier molecular flexibility index (Phi) is 7.61. The minimum Gasteiger partial charge on any atom is -0.450 e. The lowest BCUT2D eigenvalue weighted by atomic mass is 9.93. The first-order valence-electron chi connectivity index (χ1n) is 8.36. The van der Waals surface area contributed by atoms with Crippen molar-refractivity contribution in [3.63, 3.8) is 0 Å². The van der Waals surface area contributed by atoms with Gasteiger partial charge < -0.3 is 25.6 Å². The Bertz CT molecular complexity index is 401. The zero-order valence-corrected chi connectivity index (χ0v) is 15.3. The van der Waals surface area contributed by atoms with Gasteiger partial charge in [-0.2, -0.15) is 0 Å². The Morgan fingerprint density at radius 1 is 1.39 bits per heavy atom. The smallest absolute Gasteiger partial charge is 0.409 e. The maximum atomic E-state index is 11.7. The van der Waals surface area contributed by atoms with Crippen molar-refractivity contribution in [1.29, 1.82) is 0 Å². The molecule has 0 bridgehead atoms. The number of hydrogen-bond acceptors (Lipinski definition) is 4. The summed E-state index contributed by atoms with van der Waals surface area (Å²) in [5.74, 6) is 0.492. The Balaban J connectivity index is 2.37. The van der Waals surface area contributed by atoms with Gasteiger partial charge in [0.25, 0.3) is 0 Å². The number of ether oxygens (including phenoxy) is 1. The molecule has 0 spiro atoms. The summed E-state index contributed by atoms with van der Waals surface area (Å²) in [4.78, 5) is 20.0. The number of nitrogens with one attached hydrogen (secondary N) is 1. The van der Waals surface area contributed by atoms with Crippen molar-refractivity contribution in [2.24, 2.45) is 16.1 Å². The fourth-order valence-corrected chi connectivity index (χ4v) is 2.88. The minimum atomic E-state index is -0.224. The largest absolute Gasteiger partial charge is 0.450 e. The summed E-state index contributed by atoms with van der Waals surface area (Å²) in [6.45, 7) is 9.63. The van der Waals surface area contributed by atoms with Crippen molar-refractivity contribution in [1.82, 2.24) is 15.1 Å². The molecular weight excluding hydrogens is 294 g/mol. The molecular formula is C16H33N5O2. The highest BCUT2D eigenvalue weighted by atomic mass is 16.6.